The molecule has 0 bridgehead atoms. The Labute approximate surface area is 105 Å². The zero-order valence-electron chi connectivity index (χ0n) is 10.0. The highest BCUT2D eigenvalue weighted by atomic mass is 16.1. The number of rotatable bonds is 5. The Morgan fingerprint density at radius 1 is 1.33 bits per heavy atom. The fraction of sp³-hybridized carbons (Fsp3) is 0.231. The predicted molar refractivity (Wildman–Crippen MR) is 69.0 cm³/mol. The standard InChI is InChI=1S/C13H16N4O/c14-7-11-1-2-12(17-9-11)13(18)16-6-4-10-3-5-15-8-10/h1-3,5,8-9,15H,4,6-7,14H2,(H,16,18). The van der Waals surface area contributed by atoms with E-state index in [-0.39, 0.29) is 5.91 Å². The van der Waals surface area contributed by atoms with Crippen molar-refractivity contribution in [1.82, 2.24) is 15.3 Å². The van der Waals surface area contributed by atoms with Crippen molar-refractivity contribution in [2.45, 2.75) is 13.0 Å². The summed E-state index contributed by atoms with van der Waals surface area (Å²) in [6.45, 7) is 1.03. The van der Waals surface area contributed by atoms with Crippen LogP contribution in [0.4, 0.5) is 0 Å². The highest BCUT2D eigenvalue weighted by Crippen LogP contribution is 2.00. The summed E-state index contributed by atoms with van der Waals surface area (Å²) in [7, 11) is 0. The summed E-state index contributed by atoms with van der Waals surface area (Å²) in [5.74, 6) is -0.158. The number of carbonyl (C=O) groups excluding carboxylic acids is 1. The second kappa shape index (κ2) is 5.97. The van der Waals surface area contributed by atoms with Gasteiger partial charge in [-0.3, -0.25) is 9.78 Å². The lowest BCUT2D eigenvalue weighted by atomic mass is 10.2. The van der Waals surface area contributed by atoms with Gasteiger partial charge in [0.2, 0.25) is 0 Å². The Bertz CT molecular complexity index is 490. The summed E-state index contributed by atoms with van der Waals surface area (Å²) in [4.78, 5) is 18.8. The number of nitrogens with zero attached hydrogens (tertiary/aromatic N) is 1. The third-order valence-electron chi connectivity index (χ3n) is 2.65. The summed E-state index contributed by atoms with van der Waals surface area (Å²) in [6.07, 6.45) is 6.21. The first kappa shape index (κ1) is 12.3. The number of hydrogen-bond donors (Lipinski definition) is 3. The van der Waals surface area contributed by atoms with Crippen molar-refractivity contribution in [2.75, 3.05) is 6.54 Å². The Morgan fingerprint density at radius 3 is 2.83 bits per heavy atom. The predicted octanol–water partition coefficient (Wildman–Crippen LogP) is 0.841. The van der Waals surface area contributed by atoms with Crippen molar-refractivity contribution in [1.29, 1.82) is 0 Å². The van der Waals surface area contributed by atoms with Gasteiger partial charge in [-0.25, -0.2) is 0 Å². The van der Waals surface area contributed by atoms with Gasteiger partial charge >= 0.3 is 0 Å². The normalized spacial score (nSPS) is 10.3. The first-order valence-electron chi connectivity index (χ1n) is 5.84. The van der Waals surface area contributed by atoms with Crippen LogP contribution in [0.3, 0.4) is 0 Å². The molecule has 2 aromatic heterocycles. The number of aromatic nitrogens is 2. The molecule has 1 amide bonds. The molecule has 0 spiro atoms. The molecule has 0 aromatic carbocycles. The van der Waals surface area contributed by atoms with Crippen LogP contribution in [0.2, 0.25) is 0 Å². The van der Waals surface area contributed by atoms with E-state index in [1.807, 2.05) is 24.5 Å². The van der Waals surface area contributed by atoms with Crippen LogP contribution in [0.15, 0.2) is 36.8 Å². The van der Waals surface area contributed by atoms with E-state index in [0.717, 1.165) is 12.0 Å². The first-order valence-corrected chi connectivity index (χ1v) is 5.84. The zero-order valence-corrected chi connectivity index (χ0v) is 10.0. The average molecular weight is 244 g/mol. The third-order valence-corrected chi connectivity index (χ3v) is 2.65. The second-order valence-electron chi connectivity index (χ2n) is 3.98. The van der Waals surface area contributed by atoms with Gasteiger partial charge in [0.05, 0.1) is 0 Å². The van der Waals surface area contributed by atoms with E-state index in [0.29, 0.717) is 18.8 Å². The zero-order chi connectivity index (χ0) is 12.8. The van der Waals surface area contributed by atoms with Crippen molar-refractivity contribution in [3.05, 3.63) is 53.6 Å². The molecular formula is C13H16N4O. The van der Waals surface area contributed by atoms with Gasteiger partial charge in [0.25, 0.3) is 5.91 Å². The first-order chi connectivity index (χ1) is 8.79. The second-order valence-corrected chi connectivity index (χ2v) is 3.98. The van der Waals surface area contributed by atoms with Gasteiger partial charge in [-0.2, -0.15) is 0 Å². The van der Waals surface area contributed by atoms with E-state index in [1.165, 1.54) is 5.56 Å². The topological polar surface area (TPSA) is 83.8 Å². The van der Waals surface area contributed by atoms with Crippen LogP contribution in [-0.4, -0.2) is 22.4 Å². The van der Waals surface area contributed by atoms with E-state index in [2.05, 4.69) is 15.3 Å². The summed E-state index contributed by atoms with van der Waals surface area (Å²) in [6, 6.07) is 5.49. The van der Waals surface area contributed by atoms with E-state index < -0.39 is 0 Å². The Balaban J connectivity index is 1.83. The van der Waals surface area contributed by atoms with Crippen molar-refractivity contribution < 1.29 is 4.79 Å². The molecule has 0 unspecified atom stereocenters. The molecule has 2 heterocycles. The maximum atomic E-state index is 11.8. The van der Waals surface area contributed by atoms with Crippen LogP contribution in [0, 0.1) is 0 Å². The van der Waals surface area contributed by atoms with Gasteiger partial charge in [0.1, 0.15) is 5.69 Å². The van der Waals surface area contributed by atoms with Gasteiger partial charge < -0.3 is 16.0 Å². The molecule has 5 nitrogen and oxygen atoms in total. The number of nitrogens with one attached hydrogen (secondary N) is 2. The fourth-order valence-corrected chi connectivity index (χ4v) is 1.60. The molecule has 2 aromatic rings. The van der Waals surface area contributed by atoms with Crippen molar-refractivity contribution in [2.24, 2.45) is 5.73 Å². The SMILES string of the molecule is NCc1ccc(C(=O)NCCc2cc[nH]c2)nc1. The lowest BCUT2D eigenvalue weighted by Gasteiger charge is -2.04. The van der Waals surface area contributed by atoms with Crippen LogP contribution < -0.4 is 11.1 Å². The molecule has 94 valence electrons. The number of H-pyrrole nitrogens is 1. The van der Waals surface area contributed by atoms with Crippen LogP contribution in [0.5, 0.6) is 0 Å². The molecule has 0 fully saturated rings. The Kier molecular flexibility index (Phi) is 4.09. The number of hydrogen-bond acceptors (Lipinski definition) is 3. The van der Waals surface area contributed by atoms with Gasteiger partial charge in [-0.05, 0) is 29.7 Å². The van der Waals surface area contributed by atoms with Crippen molar-refractivity contribution >= 4 is 5.91 Å². The minimum absolute atomic E-state index is 0.158. The van der Waals surface area contributed by atoms with Gasteiger partial charge in [0, 0.05) is 31.7 Å². The Hall–Kier alpha value is -2.14. The molecule has 0 aliphatic carbocycles. The van der Waals surface area contributed by atoms with E-state index in [4.69, 9.17) is 5.73 Å². The molecule has 0 aliphatic heterocycles. The maximum absolute atomic E-state index is 11.8. The number of amides is 1. The monoisotopic (exact) mass is 244 g/mol. The minimum Gasteiger partial charge on any atom is -0.367 e. The third kappa shape index (κ3) is 3.18. The van der Waals surface area contributed by atoms with Crippen molar-refractivity contribution in [3.8, 4) is 0 Å². The molecule has 2 rings (SSSR count). The number of pyridine rings is 1. The summed E-state index contributed by atoms with van der Waals surface area (Å²) >= 11 is 0. The van der Waals surface area contributed by atoms with Gasteiger partial charge in [-0.1, -0.05) is 6.07 Å². The smallest absolute Gasteiger partial charge is 0.269 e. The van der Waals surface area contributed by atoms with E-state index in [1.54, 1.807) is 12.3 Å². The average Bonchev–Trinajstić information content (AvgIpc) is 2.92. The lowest BCUT2D eigenvalue weighted by molar-refractivity contribution is 0.0949. The highest BCUT2D eigenvalue weighted by molar-refractivity contribution is 5.92. The molecule has 0 aliphatic rings. The van der Waals surface area contributed by atoms with Crippen LogP contribution >= 0.6 is 0 Å². The quantitative estimate of drug-likeness (QED) is 0.728. The van der Waals surface area contributed by atoms with E-state index >= 15 is 0 Å². The van der Waals surface area contributed by atoms with Crippen molar-refractivity contribution in [3.63, 3.8) is 0 Å². The number of nitrogens with two attached hydrogens (primary N) is 1. The summed E-state index contributed by atoms with van der Waals surface area (Å²) in [5, 5.41) is 2.83. The summed E-state index contributed by atoms with van der Waals surface area (Å²) in [5.41, 5.74) is 7.97. The molecule has 4 N–H and O–H groups in total. The molecular weight excluding hydrogens is 228 g/mol. The molecule has 0 radical (unpaired) electrons. The molecule has 0 saturated carbocycles. The van der Waals surface area contributed by atoms with Crippen LogP contribution in [-0.2, 0) is 13.0 Å². The molecule has 0 atom stereocenters. The van der Waals surface area contributed by atoms with E-state index in [9.17, 15) is 4.79 Å². The molecule has 5 heteroatoms. The highest BCUT2D eigenvalue weighted by Gasteiger charge is 2.06. The molecule has 0 saturated heterocycles. The minimum atomic E-state index is -0.158. The fourth-order valence-electron chi connectivity index (χ4n) is 1.60. The number of aromatic amines is 1. The van der Waals surface area contributed by atoms with Crippen LogP contribution in [0.25, 0.3) is 0 Å². The number of carbonyl (C=O) groups is 1. The largest absolute Gasteiger partial charge is 0.367 e. The van der Waals surface area contributed by atoms with Gasteiger partial charge in [0.15, 0.2) is 0 Å². The Morgan fingerprint density at radius 2 is 2.22 bits per heavy atom. The van der Waals surface area contributed by atoms with Crippen LogP contribution in [0.1, 0.15) is 21.6 Å². The van der Waals surface area contributed by atoms with Gasteiger partial charge in [-0.15, -0.1) is 0 Å². The molecule has 18 heavy (non-hydrogen) atoms. The lowest BCUT2D eigenvalue weighted by Crippen LogP contribution is -2.26. The maximum Gasteiger partial charge on any atom is 0.269 e. The summed E-state index contributed by atoms with van der Waals surface area (Å²) < 4.78 is 0.